The highest BCUT2D eigenvalue weighted by molar-refractivity contribution is 7.99. The van der Waals surface area contributed by atoms with Gasteiger partial charge >= 0.3 is 12.3 Å². The first-order chi connectivity index (χ1) is 16.2. The summed E-state index contributed by atoms with van der Waals surface area (Å²) in [4.78, 5) is 19.7. The first-order valence-electron chi connectivity index (χ1n) is 9.48. The maximum atomic E-state index is 12.4. The Kier molecular flexibility index (Phi) is 6.40. The minimum Gasteiger partial charge on any atom is -0.510 e. The number of tetrazole rings is 1. The lowest BCUT2D eigenvalue weighted by atomic mass is 10.2. The number of aromatic nitrogens is 6. The summed E-state index contributed by atoms with van der Waals surface area (Å²) in [6, 6.07) is 12.0. The number of ether oxygens (including phenoxy) is 2. The molecular weight excluding hydrogens is 477 g/mol. The number of aromatic amines is 1. The average molecular weight is 492 g/mol. The number of para-hydroxylation sites is 2. The highest BCUT2D eigenvalue weighted by Crippen LogP contribution is 2.27. The second-order valence-electron chi connectivity index (χ2n) is 6.62. The molecule has 2 N–H and O–H groups in total. The highest BCUT2D eigenvalue weighted by Gasteiger charge is 2.31. The van der Waals surface area contributed by atoms with Crippen LogP contribution in [0.4, 0.5) is 13.2 Å². The predicted molar refractivity (Wildman–Crippen MR) is 114 cm³/mol. The van der Waals surface area contributed by atoms with Crippen molar-refractivity contribution < 1.29 is 32.5 Å². The summed E-state index contributed by atoms with van der Waals surface area (Å²) in [6.45, 7) is 0. The molecule has 0 fully saturated rings. The maximum Gasteiger partial charge on any atom is 0.573 e. The lowest BCUT2D eigenvalue weighted by molar-refractivity contribution is -0.274. The van der Waals surface area contributed by atoms with Crippen molar-refractivity contribution in [2.75, 3.05) is 12.9 Å². The van der Waals surface area contributed by atoms with Gasteiger partial charge in [-0.25, -0.2) is 9.78 Å². The second kappa shape index (κ2) is 9.43. The molecule has 4 rings (SSSR count). The van der Waals surface area contributed by atoms with Crippen LogP contribution >= 0.6 is 11.8 Å². The first kappa shape index (κ1) is 23.1. The fourth-order valence-electron chi connectivity index (χ4n) is 2.95. The van der Waals surface area contributed by atoms with Crippen molar-refractivity contribution in [1.29, 1.82) is 0 Å². The number of nitrogens with one attached hydrogen (secondary N) is 1. The van der Waals surface area contributed by atoms with E-state index in [1.54, 1.807) is 24.3 Å². The van der Waals surface area contributed by atoms with Gasteiger partial charge in [0.15, 0.2) is 0 Å². The molecular formula is C20H15F3N6O4S. The van der Waals surface area contributed by atoms with Crippen LogP contribution in [0, 0.1) is 0 Å². The number of methoxy groups -OCH3 is 1. The molecule has 4 aromatic rings. The van der Waals surface area contributed by atoms with Crippen molar-refractivity contribution in [2.24, 2.45) is 0 Å². The zero-order chi connectivity index (χ0) is 24.3. The number of halogens is 3. The smallest absolute Gasteiger partial charge is 0.510 e. The van der Waals surface area contributed by atoms with Crippen LogP contribution in [-0.2, 0) is 9.53 Å². The molecule has 2 heterocycles. The second-order valence-corrected chi connectivity index (χ2v) is 7.56. The number of H-pyrrole nitrogens is 1. The Morgan fingerprint density at radius 1 is 1.18 bits per heavy atom. The maximum absolute atomic E-state index is 12.4. The number of carbonyl (C=O) groups is 1. The molecule has 0 atom stereocenters. The van der Waals surface area contributed by atoms with Gasteiger partial charge in [0.2, 0.25) is 5.16 Å². The predicted octanol–water partition coefficient (Wildman–Crippen LogP) is 3.67. The number of carbonyl (C=O) groups excluding carboxylic acids is 1. The molecule has 0 amide bonds. The zero-order valence-electron chi connectivity index (χ0n) is 17.3. The molecule has 34 heavy (non-hydrogen) atoms. The summed E-state index contributed by atoms with van der Waals surface area (Å²) in [5, 5.41) is 22.1. The molecule has 2 aromatic carbocycles. The summed E-state index contributed by atoms with van der Waals surface area (Å²) < 4.78 is 47.0. The number of aliphatic hydroxyl groups is 1. The van der Waals surface area contributed by atoms with E-state index < -0.39 is 18.1 Å². The molecule has 0 spiro atoms. The fraction of sp³-hybridized carbons (Fsp3) is 0.150. The van der Waals surface area contributed by atoms with Crippen molar-refractivity contribution in [3.8, 4) is 11.4 Å². The number of thioether (sulfide) groups is 1. The van der Waals surface area contributed by atoms with Gasteiger partial charge in [-0.2, -0.15) is 4.68 Å². The first-order valence-corrected chi connectivity index (χ1v) is 10.5. The van der Waals surface area contributed by atoms with Crippen LogP contribution in [0.15, 0.2) is 59.4 Å². The molecule has 0 saturated carbocycles. The van der Waals surface area contributed by atoms with Crippen molar-refractivity contribution in [1.82, 2.24) is 30.2 Å². The van der Waals surface area contributed by atoms with E-state index >= 15 is 0 Å². The summed E-state index contributed by atoms with van der Waals surface area (Å²) in [7, 11) is 1.18. The van der Waals surface area contributed by atoms with E-state index in [0.717, 1.165) is 23.9 Å². The Hall–Kier alpha value is -4.07. The van der Waals surface area contributed by atoms with Crippen LogP contribution < -0.4 is 4.74 Å². The molecule has 0 saturated heterocycles. The standard InChI is InChI=1S/C20H15F3N6O4S/c1-32-18(31)16(17-24-13-4-2-3-5-14(13)25-17)15(30)10-34-19-26-27-28-29(19)11-6-8-12(9-7-11)33-20(21,22)23/h2-9,30H,10H2,1H3,(H,24,25)/b16-15+. The Morgan fingerprint density at radius 3 is 2.59 bits per heavy atom. The third-order valence-corrected chi connectivity index (χ3v) is 5.33. The molecule has 0 aliphatic heterocycles. The third-order valence-electron chi connectivity index (χ3n) is 4.40. The molecule has 0 bridgehead atoms. The number of nitrogens with zero attached hydrogens (tertiary/aromatic N) is 5. The topological polar surface area (TPSA) is 128 Å². The number of hydrogen-bond acceptors (Lipinski definition) is 9. The van der Waals surface area contributed by atoms with Crippen LogP contribution in [0.5, 0.6) is 5.75 Å². The molecule has 10 nitrogen and oxygen atoms in total. The number of fused-ring (bicyclic) bond motifs is 1. The lowest BCUT2D eigenvalue weighted by Gasteiger charge is -2.10. The van der Waals surface area contributed by atoms with Gasteiger partial charge in [0, 0.05) is 0 Å². The van der Waals surface area contributed by atoms with Crippen molar-refractivity contribution >= 4 is 34.3 Å². The molecule has 0 aliphatic carbocycles. The Labute approximate surface area is 193 Å². The van der Waals surface area contributed by atoms with E-state index in [9.17, 15) is 23.1 Å². The largest absolute Gasteiger partial charge is 0.573 e. The number of alkyl halides is 3. The van der Waals surface area contributed by atoms with Gasteiger partial charge < -0.3 is 19.6 Å². The van der Waals surface area contributed by atoms with E-state index in [4.69, 9.17) is 4.74 Å². The number of imidazole rings is 1. The normalized spacial score (nSPS) is 12.5. The number of rotatable bonds is 7. The van der Waals surface area contributed by atoms with Crippen molar-refractivity contribution in [2.45, 2.75) is 11.5 Å². The summed E-state index contributed by atoms with van der Waals surface area (Å²) >= 11 is 0.987. The minimum absolute atomic E-state index is 0.128. The van der Waals surface area contributed by atoms with E-state index in [2.05, 4.69) is 30.2 Å². The summed E-state index contributed by atoms with van der Waals surface area (Å²) in [5.41, 5.74) is 1.47. The zero-order valence-corrected chi connectivity index (χ0v) is 18.1. The third kappa shape index (κ3) is 5.11. The molecule has 0 unspecified atom stereocenters. The Morgan fingerprint density at radius 2 is 1.91 bits per heavy atom. The number of hydrogen-bond donors (Lipinski definition) is 2. The fourth-order valence-corrected chi connectivity index (χ4v) is 3.72. The van der Waals surface area contributed by atoms with Gasteiger partial charge in [0.1, 0.15) is 22.9 Å². The quantitative estimate of drug-likeness (QED) is 0.172. The number of benzene rings is 2. The molecule has 0 aliphatic rings. The van der Waals surface area contributed by atoms with Crippen LogP contribution in [0.25, 0.3) is 22.3 Å². The van der Waals surface area contributed by atoms with E-state index in [0.29, 0.717) is 16.7 Å². The van der Waals surface area contributed by atoms with Crippen molar-refractivity contribution in [3.05, 3.63) is 60.1 Å². The van der Waals surface area contributed by atoms with E-state index in [1.165, 1.54) is 23.9 Å². The van der Waals surface area contributed by atoms with Gasteiger partial charge in [-0.15, -0.1) is 18.3 Å². The summed E-state index contributed by atoms with van der Waals surface area (Å²) in [6.07, 6.45) is -4.81. The summed E-state index contributed by atoms with van der Waals surface area (Å²) in [5.74, 6) is -1.52. The SMILES string of the molecule is COC(=O)/C(=C(/O)CSc1nnnn1-c1ccc(OC(F)(F)F)cc1)c1nc2ccccc2[nH]1. The van der Waals surface area contributed by atoms with E-state index in [-0.39, 0.29) is 28.1 Å². The van der Waals surface area contributed by atoms with Gasteiger partial charge in [-0.1, -0.05) is 23.9 Å². The number of aliphatic hydroxyl groups excluding tert-OH is 1. The van der Waals surface area contributed by atoms with Gasteiger partial charge in [-0.05, 0) is 46.8 Å². The van der Waals surface area contributed by atoms with Gasteiger partial charge in [-0.3, -0.25) is 0 Å². The Balaban J connectivity index is 1.56. The van der Waals surface area contributed by atoms with E-state index in [1.807, 2.05) is 0 Å². The van der Waals surface area contributed by atoms with Gasteiger partial charge in [0.05, 0.1) is 29.6 Å². The highest BCUT2D eigenvalue weighted by atomic mass is 32.2. The molecule has 2 aromatic heterocycles. The van der Waals surface area contributed by atoms with Crippen LogP contribution in [0.1, 0.15) is 5.82 Å². The van der Waals surface area contributed by atoms with Crippen LogP contribution in [-0.4, -0.2) is 60.5 Å². The molecule has 0 radical (unpaired) electrons. The monoisotopic (exact) mass is 492 g/mol. The average Bonchev–Trinajstić information content (AvgIpc) is 3.44. The Bertz CT molecular complexity index is 1320. The molecule has 176 valence electrons. The number of esters is 1. The van der Waals surface area contributed by atoms with Crippen molar-refractivity contribution in [3.63, 3.8) is 0 Å². The minimum atomic E-state index is -4.81. The van der Waals surface area contributed by atoms with Gasteiger partial charge in [0.25, 0.3) is 0 Å². The van der Waals surface area contributed by atoms with Crippen LogP contribution in [0.2, 0.25) is 0 Å². The molecule has 14 heteroatoms. The van der Waals surface area contributed by atoms with Crippen LogP contribution in [0.3, 0.4) is 0 Å². The lowest BCUT2D eigenvalue weighted by Crippen LogP contribution is -2.17.